The molecule has 1 aliphatic heterocycles. The highest BCUT2D eigenvalue weighted by atomic mass is 16.2. The van der Waals surface area contributed by atoms with Crippen molar-refractivity contribution in [3.63, 3.8) is 0 Å². The molecule has 2 rings (SSSR count). The molecule has 120 valence electrons. The Morgan fingerprint density at radius 2 is 1.95 bits per heavy atom. The third-order valence-corrected chi connectivity index (χ3v) is 3.98. The van der Waals surface area contributed by atoms with Crippen LogP contribution in [0.15, 0.2) is 24.4 Å². The highest BCUT2D eigenvalue weighted by Gasteiger charge is 2.25. The average molecular weight is 303 g/mol. The molecular weight excluding hydrogens is 278 g/mol. The number of hydrogen-bond donors (Lipinski definition) is 1. The molecule has 0 aliphatic carbocycles. The molecule has 0 spiro atoms. The van der Waals surface area contributed by atoms with Gasteiger partial charge in [0.2, 0.25) is 11.8 Å². The van der Waals surface area contributed by atoms with E-state index in [2.05, 4.69) is 24.1 Å². The number of carbonyl (C=O) groups excluding carboxylic acids is 2. The van der Waals surface area contributed by atoms with E-state index in [0.29, 0.717) is 18.4 Å². The lowest BCUT2D eigenvalue weighted by Gasteiger charge is -2.35. The van der Waals surface area contributed by atoms with Crippen molar-refractivity contribution < 1.29 is 9.59 Å². The summed E-state index contributed by atoms with van der Waals surface area (Å²) in [6, 6.07) is 5.59. The van der Waals surface area contributed by atoms with Gasteiger partial charge in [-0.05, 0) is 30.4 Å². The Morgan fingerprint density at radius 1 is 1.23 bits per heavy atom. The number of nitrogens with one attached hydrogen (secondary N) is 1. The summed E-state index contributed by atoms with van der Waals surface area (Å²) >= 11 is 0. The van der Waals surface area contributed by atoms with Crippen molar-refractivity contribution in [2.45, 2.75) is 39.7 Å². The van der Waals surface area contributed by atoms with Gasteiger partial charge in [0, 0.05) is 32.1 Å². The van der Waals surface area contributed by atoms with Gasteiger partial charge in [0.15, 0.2) is 0 Å². The number of aromatic nitrogens is 1. The van der Waals surface area contributed by atoms with Crippen LogP contribution in [0.25, 0.3) is 0 Å². The van der Waals surface area contributed by atoms with E-state index in [1.807, 2.05) is 23.1 Å². The fourth-order valence-electron chi connectivity index (χ4n) is 3.03. The molecule has 1 fully saturated rings. The first-order valence-electron chi connectivity index (χ1n) is 7.99. The van der Waals surface area contributed by atoms with E-state index >= 15 is 0 Å². The molecule has 5 nitrogen and oxygen atoms in total. The quantitative estimate of drug-likeness (QED) is 0.905. The second-order valence-electron chi connectivity index (χ2n) is 6.34. The number of rotatable bonds is 5. The molecule has 1 aliphatic rings. The summed E-state index contributed by atoms with van der Waals surface area (Å²) in [5.74, 6) is 1.08. The zero-order chi connectivity index (χ0) is 15.9. The van der Waals surface area contributed by atoms with Crippen LogP contribution >= 0.6 is 0 Å². The van der Waals surface area contributed by atoms with Gasteiger partial charge in [0.1, 0.15) is 0 Å². The number of likely N-dealkylation sites (tertiary alicyclic amines) is 1. The summed E-state index contributed by atoms with van der Waals surface area (Å²) in [5, 5.41) is 2.80. The molecule has 0 unspecified atom stereocenters. The molecule has 0 aromatic carbocycles. The molecule has 5 heteroatoms. The van der Waals surface area contributed by atoms with Crippen LogP contribution in [-0.4, -0.2) is 34.8 Å². The van der Waals surface area contributed by atoms with Crippen LogP contribution in [0.3, 0.4) is 0 Å². The SMILES string of the molecule is C[C@@H]1C[C@@H](C)CN(C(=O)CCC(=O)NCc2ccccn2)C1. The topological polar surface area (TPSA) is 62.3 Å². The Hall–Kier alpha value is -1.91. The molecule has 0 saturated carbocycles. The van der Waals surface area contributed by atoms with Gasteiger partial charge in [0.05, 0.1) is 12.2 Å². The van der Waals surface area contributed by atoms with E-state index in [4.69, 9.17) is 0 Å². The normalized spacial score (nSPS) is 21.5. The lowest BCUT2D eigenvalue weighted by Crippen LogP contribution is -2.42. The number of pyridine rings is 1. The predicted octanol–water partition coefficient (Wildman–Crippen LogP) is 1.98. The number of piperidine rings is 1. The Balaban J connectivity index is 1.70. The molecule has 2 atom stereocenters. The van der Waals surface area contributed by atoms with Crippen LogP contribution in [0.4, 0.5) is 0 Å². The minimum atomic E-state index is -0.0999. The summed E-state index contributed by atoms with van der Waals surface area (Å²) in [6.07, 6.45) is 3.40. The minimum Gasteiger partial charge on any atom is -0.350 e. The first kappa shape index (κ1) is 16.5. The Morgan fingerprint density at radius 3 is 2.59 bits per heavy atom. The van der Waals surface area contributed by atoms with Gasteiger partial charge in [-0.25, -0.2) is 0 Å². The second-order valence-corrected chi connectivity index (χ2v) is 6.34. The zero-order valence-electron chi connectivity index (χ0n) is 13.4. The van der Waals surface area contributed by atoms with Crippen LogP contribution in [0.2, 0.25) is 0 Å². The van der Waals surface area contributed by atoms with Gasteiger partial charge >= 0.3 is 0 Å². The largest absolute Gasteiger partial charge is 0.350 e. The maximum atomic E-state index is 12.2. The van der Waals surface area contributed by atoms with Crippen LogP contribution in [-0.2, 0) is 16.1 Å². The van der Waals surface area contributed by atoms with Crippen molar-refractivity contribution in [3.8, 4) is 0 Å². The van der Waals surface area contributed by atoms with Gasteiger partial charge in [-0.15, -0.1) is 0 Å². The summed E-state index contributed by atoms with van der Waals surface area (Å²) in [6.45, 7) is 6.40. The van der Waals surface area contributed by atoms with E-state index < -0.39 is 0 Å². The van der Waals surface area contributed by atoms with Crippen molar-refractivity contribution in [1.82, 2.24) is 15.2 Å². The van der Waals surface area contributed by atoms with E-state index in [1.165, 1.54) is 6.42 Å². The third-order valence-electron chi connectivity index (χ3n) is 3.98. The molecule has 1 aromatic rings. The third kappa shape index (κ3) is 5.13. The van der Waals surface area contributed by atoms with Crippen LogP contribution in [0, 0.1) is 11.8 Å². The van der Waals surface area contributed by atoms with Crippen LogP contribution in [0.1, 0.15) is 38.8 Å². The van der Waals surface area contributed by atoms with E-state index in [1.54, 1.807) is 6.20 Å². The molecule has 1 N–H and O–H groups in total. The monoisotopic (exact) mass is 303 g/mol. The van der Waals surface area contributed by atoms with Crippen LogP contribution in [0.5, 0.6) is 0 Å². The van der Waals surface area contributed by atoms with Crippen molar-refractivity contribution >= 4 is 11.8 Å². The summed E-state index contributed by atoms with van der Waals surface area (Å²) in [4.78, 5) is 30.1. The molecule has 0 bridgehead atoms. The fourth-order valence-corrected chi connectivity index (χ4v) is 3.03. The van der Waals surface area contributed by atoms with Crippen molar-refractivity contribution in [1.29, 1.82) is 0 Å². The molecular formula is C17H25N3O2. The summed E-state index contributed by atoms with van der Waals surface area (Å²) in [7, 11) is 0. The minimum absolute atomic E-state index is 0.0892. The Kier molecular flexibility index (Phi) is 5.92. The van der Waals surface area contributed by atoms with E-state index in [-0.39, 0.29) is 24.7 Å². The van der Waals surface area contributed by atoms with Crippen LogP contribution < -0.4 is 5.32 Å². The highest BCUT2D eigenvalue weighted by molar-refractivity contribution is 5.83. The summed E-state index contributed by atoms with van der Waals surface area (Å²) < 4.78 is 0. The van der Waals surface area contributed by atoms with Crippen molar-refractivity contribution in [2.75, 3.05) is 13.1 Å². The molecule has 1 aromatic heterocycles. The Labute approximate surface area is 132 Å². The first-order chi connectivity index (χ1) is 10.5. The van der Waals surface area contributed by atoms with Gasteiger partial charge in [0.25, 0.3) is 0 Å². The molecule has 2 heterocycles. The van der Waals surface area contributed by atoms with E-state index in [0.717, 1.165) is 18.8 Å². The van der Waals surface area contributed by atoms with Gasteiger partial charge in [-0.3, -0.25) is 14.6 Å². The van der Waals surface area contributed by atoms with E-state index in [9.17, 15) is 9.59 Å². The van der Waals surface area contributed by atoms with Gasteiger partial charge in [-0.2, -0.15) is 0 Å². The lowest BCUT2D eigenvalue weighted by molar-refractivity contribution is -0.135. The van der Waals surface area contributed by atoms with Crippen molar-refractivity contribution in [3.05, 3.63) is 30.1 Å². The number of nitrogens with zero attached hydrogens (tertiary/aromatic N) is 2. The smallest absolute Gasteiger partial charge is 0.223 e. The van der Waals surface area contributed by atoms with Crippen molar-refractivity contribution in [2.24, 2.45) is 11.8 Å². The van der Waals surface area contributed by atoms with Gasteiger partial charge in [-0.1, -0.05) is 19.9 Å². The Bertz CT molecular complexity index is 494. The number of amides is 2. The molecule has 0 radical (unpaired) electrons. The highest BCUT2D eigenvalue weighted by Crippen LogP contribution is 2.21. The average Bonchev–Trinajstić information content (AvgIpc) is 2.50. The fraction of sp³-hybridized carbons (Fsp3) is 0.588. The zero-order valence-corrected chi connectivity index (χ0v) is 13.4. The second kappa shape index (κ2) is 7.92. The first-order valence-corrected chi connectivity index (χ1v) is 7.99. The maximum Gasteiger partial charge on any atom is 0.223 e. The maximum absolute atomic E-state index is 12.2. The lowest BCUT2D eigenvalue weighted by atomic mass is 9.91. The molecule has 22 heavy (non-hydrogen) atoms. The summed E-state index contributed by atoms with van der Waals surface area (Å²) in [5.41, 5.74) is 0.820. The standard InChI is InChI=1S/C17H25N3O2/c1-13-9-14(2)12-20(11-13)17(22)7-6-16(21)19-10-15-5-3-4-8-18-15/h3-5,8,13-14H,6-7,9-12H2,1-2H3,(H,19,21)/t13-,14-/m1/s1. The predicted molar refractivity (Wildman–Crippen MR) is 84.8 cm³/mol. The van der Waals surface area contributed by atoms with Gasteiger partial charge < -0.3 is 10.2 Å². The number of carbonyl (C=O) groups is 2. The number of hydrogen-bond acceptors (Lipinski definition) is 3. The molecule has 1 saturated heterocycles. The molecule has 2 amide bonds.